The summed E-state index contributed by atoms with van der Waals surface area (Å²) in [6.07, 6.45) is 0. The first-order valence-electron chi connectivity index (χ1n) is 8.37. The van der Waals surface area contributed by atoms with Crippen molar-refractivity contribution < 1.29 is 9.53 Å². The van der Waals surface area contributed by atoms with Crippen LogP contribution in [0, 0.1) is 20.8 Å². The number of aryl methyl sites for hydroxylation is 3. The zero-order valence-electron chi connectivity index (χ0n) is 16.6. The molecule has 2 rings (SSSR count). The Morgan fingerprint density at radius 2 is 1.82 bits per heavy atom. The molecule has 1 amide bonds. The van der Waals surface area contributed by atoms with Crippen LogP contribution in [0.2, 0.25) is 0 Å². The largest absolute Gasteiger partial charge is 0.383 e. The standard InChI is InChI=1S/C17H25N5O3S.2ClH/c1-10-11(2)21-22(4)17(24)13(10)16-20-12(3)14(26-16)15(23)19-7-6-18-8-9-25-5;;/h18H,6-9H2,1-5H3,(H,19,23);2*1H. The van der Waals surface area contributed by atoms with Crippen LogP contribution in [-0.4, -0.2) is 54.0 Å². The second kappa shape index (κ2) is 12.1. The number of hydrogen-bond donors (Lipinski definition) is 2. The third kappa shape index (κ3) is 6.25. The molecule has 28 heavy (non-hydrogen) atoms. The lowest BCUT2D eigenvalue weighted by molar-refractivity contribution is 0.0957. The van der Waals surface area contributed by atoms with Crippen LogP contribution in [0.4, 0.5) is 0 Å². The van der Waals surface area contributed by atoms with Gasteiger partial charge in [-0.15, -0.1) is 36.2 Å². The Hall–Kier alpha value is -1.52. The van der Waals surface area contributed by atoms with Crippen molar-refractivity contribution in [3.8, 4) is 10.6 Å². The number of halogens is 2. The first kappa shape index (κ1) is 26.5. The molecule has 0 saturated heterocycles. The van der Waals surface area contributed by atoms with E-state index in [1.165, 1.54) is 16.0 Å². The van der Waals surface area contributed by atoms with Crippen LogP contribution in [0.5, 0.6) is 0 Å². The molecule has 0 atom stereocenters. The minimum atomic E-state index is -0.212. The van der Waals surface area contributed by atoms with E-state index in [-0.39, 0.29) is 36.3 Å². The van der Waals surface area contributed by atoms with Gasteiger partial charge in [0, 0.05) is 33.8 Å². The van der Waals surface area contributed by atoms with Gasteiger partial charge in [0.25, 0.3) is 11.5 Å². The second-order valence-electron chi connectivity index (χ2n) is 5.95. The molecule has 0 aliphatic heterocycles. The Labute approximate surface area is 180 Å². The minimum Gasteiger partial charge on any atom is -0.383 e. The normalized spacial score (nSPS) is 10.2. The maximum atomic E-state index is 12.5. The zero-order valence-corrected chi connectivity index (χ0v) is 19.1. The number of aromatic nitrogens is 3. The quantitative estimate of drug-likeness (QED) is 0.591. The summed E-state index contributed by atoms with van der Waals surface area (Å²) >= 11 is 1.23. The predicted octanol–water partition coefficient (Wildman–Crippen LogP) is 1.64. The fourth-order valence-corrected chi connectivity index (χ4v) is 3.53. The SMILES string of the molecule is COCCNCCNC(=O)c1sc(-c2c(C)c(C)nn(C)c2=O)nc1C.Cl.Cl. The van der Waals surface area contributed by atoms with Crippen molar-refractivity contribution in [1.29, 1.82) is 0 Å². The number of ether oxygens (including phenoxy) is 1. The number of carbonyl (C=O) groups excluding carboxylic acids is 1. The van der Waals surface area contributed by atoms with E-state index in [0.29, 0.717) is 40.8 Å². The Morgan fingerprint density at radius 1 is 1.14 bits per heavy atom. The van der Waals surface area contributed by atoms with Gasteiger partial charge in [-0.3, -0.25) is 9.59 Å². The lowest BCUT2D eigenvalue weighted by atomic mass is 10.1. The molecule has 0 spiro atoms. The van der Waals surface area contributed by atoms with Crippen LogP contribution in [0.15, 0.2) is 4.79 Å². The summed E-state index contributed by atoms with van der Waals surface area (Å²) in [6.45, 7) is 8.00. The first-order chi connectivity index (χ1) is 12.4. The number of amides is 1. The number of hydrogen-bond acceptors (Lipinski definition) is 7. The van der Waals surface area contributed by atoms with Crippen molar-refractivity contribution in [2.75, 3.05) is 33.4 Å². The first-order valence-corrected chi connectivity index (χ1v) is 9.18. The summed E-state index contributed by atoms with van der Waals surface area (Å²) in [5.41, 5.74) is 2.47. The lowest BCUT2D eigenvalue weighted by Gasteiger charge is -2.07. The Kier molecular flexibility index (Phi) is 11.5. The summed E-state index contributed by atoms with van der Waals surface area (Å²) in [7, 11) is 3.26. The molecule has 0 bridgehead atoms. The number of nitrogens with zero attached hydrogens (tertiary/aromatic N) is 3. The van der Waals surface area contributed by atoms with Gasteiger partial charge < -0.3 is 15.4 Å². The molecule has 2 N–H and O–H groups in total. The molecule has 2 aromatic rings. The van der Waals surface area contributed by atoms with Crippen LogP contribution >= 0.6 is 36.2 Å². The van der Waals surface area contributed by atoms with E-state index in [0.717, 1.165) is 17.8 Å². The van der Waals surface area contributed by atoms with Gasteiger partial charge in [0.2, 0.25) is 0 Å². The minimum absolute atomic E-state index is 0. The van der Waals surface area contributed by atoms with Crippen LogP contribution in [0.1, 0.15) is 26.6 Å². The van der Waals surface area contributed by atoms with E-state index in [1.807, 2.05) is 13.8 Å². The van der Waals surface area contributed by atoms with Crippen LogP contribution in [-0.2, 0) is 11.8 Å². The van der Waals surface area contributed by atoms with E-state index in [2.05, 4.69) is 20.7 Å². The molecule has 0 aliphatic carbocycles. The molecular weight excluding hydrogens is 425 g/mol. The molecule has 0 unspecified atom stereocenters. The summed E-state index contributed by atoms with van der Waals surface area (Å²) in [6, 6.07) is 0. The van der Waals surface area contributed by atoms with Gasteiger partial charge in [0.15, 0.2) is 0 Å². The van der Waals surface area contributed by atoms with E-state index >= 15 is 0 Å². The van der Waals surface area contributed by atoms with E-state index in [1.54, 1.807) is 21.1 Å². The van der Waals surface area contributed by atoms with E-state index in [9.17, 15) is 9.59 Å². The smallest absolute Gasteiger partial charge is 0.277 e. The average Bonchev–Trinajstić information content (AvgIpc) is 2.98. The lowest BCUT2D eigenvalue weighted by Crippen LogP contribution is -2.33. The van der Waals surface area contributed by atoms with Crippen molar-refractivity contribution in [3.63, 3.8) is 0 Å². The zero-order chi connectivity index (χ0) is 19.3. The van der Waals surface area contributed by atoms with Gasteiger partial charge in [-0.1, -0.05) is 0 Å². The molecule has 158 valence electrons. The summed E-state index contributed by atoms with van der Waals surface area (Å²) in [4.78, 5) is 29.9. The summed E-state index contributed by atoms with van der Waals surface area (Å²) in [5, 5.41) is 10.8. The molecule has 11 heteroatoms. The topological polar surface area (TPSA) is 98.1 Å². The Morgan fingerprint density at radius 3 is 2.46 bits per heavy atom. The molecule has 0 aliphatic rings. The number of methoxy groups -OCH3 is 1. The van der Waals surface area contributed by atoms with Gasteiger partial charge in [0.1, 0.15) is 9.88 Å². The Bertz CT molecular complexity index is 854. The van der Waals surface area contributed by atoms with Gasteiger partial charge in [-0.2, -0.15) is 5.10 Å². The predicted molar refractivity (Wildman–Crippen MR) is 116 cm³/mol. The molecule has 2 heterocycles. The number of carbonyl (C=O) groups is 1. The molecule has 0 radical (unpaired) electrons. The third-order valence-corrected chi connectivity index (χ3v) is 5.19. The third-order valence-electron chi connectivity index (χ3n) is 4.01. The molecule has 0 saturated carbocycles. The highest BCUT2D eigenvalue weighted by Crippen LogP contribution is 2.28. The van der Waals surface area contributed by atoms with E-state index < -0.39 is 0 Å². The summed E-state index contributed by atoms with van der Waals surface area (Å²) in [5.74, 6) is -0.181. The van der Waals surface area contributed by atoms with Gasteiger partial charge in [-0.25, -0.2) is 9.67 Å². The van der Waals surface area contributed by atoms with Gasteiger partial charge >= 0.3 is 0 Å². The van der Waals surface area contributed by atoms with Crippen LogP contribution in [0.25, 0.3) is 10.6 Å². The number of rotatable bonds is 8. The van der Waals surface area contributed by atoms with Gasteiger partial charge in [-0.05, 0) is 26.3 Å². The van der Waals surface area contributed by atoms with Crippen molar-refractivity contribution in [2.45, 2.75) is 20.8 Å². The Balaban J connectivity index is 0.00000364. The fourth-order valence-electron chi connectivity index (χ4n) is 2.46. The molecular formula is C17H27Cl2N5O3S. The molecule has 0 fully saturated rings. The monoisotopic (exact) mass is 451 g/mol. The number of thiazole rings is 1. The highest BCUT2D eigenvalue weighted by molar-refractivity contribution is 7.17. The van der Waals surface area contributed by atoms with Crippen LogP contribution < -0.4 is 16.2 Å². The average molecular weight is 452 g/mol. The van der Waals surface area contributed by atoms with Crippen molar-refractivity contribution in [1.82, 2.24) is 25.4 Å². The fraction of sp³-hybridized carbons (Fsp3) is 0.529. The van der Waals surface area contributed by atoms with Gasteiger partial charge in [0.05, 0.1) is 23.6 Å². The number of nitrogens with one attached hydrogen (secondary N) is 2. The maximum Gasteiger partial charge on any atom is 0.277 e. The highest BCUT2D eigenvalue weighted by atomic mass is 35.5. The molecule has 2 aromatic heterocycles. The van der Waals surface area contributed by atoms with Crippen molar-refractivity contribution >= 4 is 42.1 Å². The van der Waals surface area contributed by atoms with Crippen molar-refractivity contribution in [3.05, 3.63) is 32.2 Å². The van der Waals surface area contributed by atoms with Crippen LogP contribution in [0.3, 0.4) is 0 Å². The van der Waals surface area contributed by atoms with Crippen molar-refractivity contribution in [2.24, 2.45) is 7.05 Å². The molecule has 8 nitrogen and oxygen atoms in total. The highest BCUT2D eigenvalue weighted by Gasteiger charge is 2.20. The molecule has 0 aromatic carbocycles. The van der Waals surface area contributed by atoms with E-state index in [4.69, 9.17) is 4.74 Å². The second-order valence-corrected chi connectivity index (χ2v) is 6.95. The summed E-state index contributed by atoms with van der Waals surface area (Å²) < 4.78 is 6.25. The maximum absolute atomic E-state index is 12.5.